The summed E-state index contributed by atoms with van der Waals surface area (Å²) >= 11 is 0. The van der Waals surface area contributed by atoms with E-state index in [9.17, 15) is 14.7 Å². The van der Waals surface area contributed by atoms with E-state index in [1.807, 2.05) is 58.0 Å². The lowest BCUT2D eigenvalue weighted by molar-refractivity contribution is -0.144. The summed E-state index contributed by atoms with van der Waals surface area (Å²) in [4.78, 5) is 32.0. The van der Waals surface area contributed by atoms with Gasteiger partial charge in [-0.2, -0.15) is 0 Å². The molecule has 0 aliphatic carbocycles. The van der Waals surface area contributed by atoms with Crippen LogP contribution in [0.2, 0.25) is 0 Å². The van der Waals surface area contributed by atoms with Gasteiger partial charge in [0.2, 0.25) is 11.8 Å². The molecule has 9 heteroatoms. The number of likely N-dealkylation sites (N-methyl/N-ethyl adjacent to an activating group) is 1. The minimum atomic E-state index is -0.738. The smallest absolute Gasteiger partial charge is 0.248 e. The van der Waals surface area contributed by atoms with Crippen LogP contribution in [-0.4, -0.2) is 67.5 Å². The van der Waals surface area contributed by atoms with Gasteiger partial charge < -0.3 is 15.3 Å². The zero-order valence-corrected chi connectivity index (χ0v) is 19.6. The third-order valence-corrected chi connectivity index (χ3v) is 6.06. The Bertz CT molecular complexity index is 1200. The van der Waals surface area contributed by atoms with Crippen LogP contribution in [0.25, 0.3) is 22.2 Å². The van der Waals surface area contributed by atoms with Gasteiger partial charge >= 0.3 is 0 Å². The number of carbonyl (C=O) groups is 2. The van der Waals surface area contributed by atoms with Crippen LogP contribution < -0.4 is 5.32 Å². The zero-order valence-electron chi connectivity index (χ0n) is 19.6. The molecule has 1 saturated heterocycles. The lowest BCUT2D eigenvalue weighted by Gasteiger charge is -2.34. The number of hydrogen-bond acceptors (Lipinski definition) is 6. The van der Waals surface area contributed by atoms with Gasteiger partial charge in [0.15, 0.2) is 0 Å². The van der Waals surface area contributed by atoms with E-state index in [0.717, 1.165) is 22.2 Å². The number of likely N-dealkylation sites (tertiary alicyclic amines) is 1. The monoisotopic (exact) mass is 450 g/mol. The molecule has 1 fully saturated rings. The van der Waals surface area contributed by atoms with Crippen LogP contribution in [0.3, 0.4) is 0 Å². The largest absolute Gasteiger partial charge is 0.391 e. The summed E-state index contributed by atoms with van der Waals surface area (Å²) in [7, 11) is 1.53. The predicted octanol–water partition coefficient (Wildman–Crippen LogP) is 2.10. The molecule has 174 valence electrons. The molecule has 2 N–H and O–H groups in total. The Kier molecular flexibility index (Phi) is 5.92. The third-order valence-electron chi connectivity index (χ3n) is 6.06. The zero-order chi connectivity index (χ0) is 23.9. The summed E-state index contributed by atoms with van der Waals surface area (Å²) in [5.74, 6) is -0.547. The Labute approximate surface area is 192 Å². The number of amides is 2. The van der Waals surface area contributed by atoms with Crippen molar-refractivity contribution in [3.8, 4) is 11.3 Å². The molecule has 3 heterocycles. The van der Waals surface area contributed by atoms with E-state index in [-0.39, 0.29) is 24.8 Å². The molecule has 0 unspecified atom stereocenters. The van der Waals surface area contributed by atoms with Gasteiger partial charge in [-0.3, -0.25) is 14.6 Å². The number of carbonyl (C=O) groups excluding carboxylic acids is 2. The van der Waals surface area contributed by atoms with Crippen molar-refractivity contribution in [1.82, 2.24) is 30.2 Å². The standard InChI is InChI=1S/C24H30N6O3/c1-14-6-7-15-10-16(8-9-18(15)26-14)19-13-30(28-27-19)21(24(2,3)4)23(33)29-12-17(31)11-20(29)22(32)25-5/h6-10,13,17,20-21,31H,11-12H2,1-5H3,(H,25,32)/t17-,20+,21-/m1/s1. The average molecular weight is 451 g/mol. The minimum Gasteiger partial charge on any atom is -0.391 e. The molecular weight excluding hydrogens is 420 g/mol. The van der Waals surface area contributed by atoms with Crippen LogP contribution in [0.5, 0.6) is 0 Å². The van der Waals surface area contributed by atoms with Gasteiger partial charge in [-0.25, -0.2) is 4.68 Å². The maximum atomic E-state index is 13.7. The lowest BCUT2D eigenvalue weighted by atomic mass is 9.85. The number of pyridine rings is 1. The van der Waals surface area contributed by atoms with Gasteiger partial charge in [0, 0.05) is 36.7 Å². The van der Waals surface area contributed by atoms with E-state index in [1.54, 1.807) is 10.9 Å². The van der Waals surface area contributed by atoms with Gasteiger partial charge in [0.1, 0.15) is 17.8 Å². The highest BCUT2D eigenvalue weighted by Crippen LogP contribution is 2.35. The fourth-order valence-corrected chi connectivity index (χ4v) is 4.43. The topological polar surface area (TPSA) is 113 Å². The molecule has 0 saturated carbocycles. The van der Waals surface area contributed by atoms with Crippen molar-refractivity contribution in [2.75, 3.05) is 13.6 Å². The van der Waals surface area contributed by atoms with Crippen molar-refractivity contribution >= 4 is 22.7 Å². The van der Waals surface area contributed by atoms with E-state index in [1.165, 1.54) is 11.9 Å². The van der Waals surface area contributed by atoms with E-state index in [4.69, 9.17) is 0 Å². The molecule has 4 rings (SSSR count). The Morgan fingerprint density at radius 2 is 1.97 bits per heavy atom. The lowest BCUT2D eigenvalue weighted by Crippen LogP contribution is -2.49. The second kappa shape index (κ2) is 8.55. The van der Waals surface area contributed by atoms with Crippen molar-refractivity contribution in [2.45, 2.75) is 52.3 Å². The van der Waals surface area contributed by atoms with Crippen molar-refractivity contribution in [3.05, 3.63) is 42.2 Å². The molecule has 2 amide bonds. The molecule has 3 atom stereocenters. The highest BCUT2D eigenvalue weighted by Gasteiger charge is 2.45. The van der Waals surface area contributed by atoms with Crippen molar-refractivity contribution in [3.63, 3.8) is 0 Å². The number of fused-ring (bicyclic) bond motifs is 1. The molecule has 33 heavy (non-hydrogen) atoms. The van der Waals surface area contributed by atoms with Crippen molar-refractivity contribution in [1.29, 1.82) is 0 Å². The Balaban J connectivity index is 1.68. The molecule has 9 nitrogen and oxygen atoms in total. The number of aliphatic hydroxyl groups excluding tert-OH is 1. The fourth-order valence-electron chi connectivity index (χ4n) is 4.43. The summed E-state index contributed by atoms with van der Waals surface area (Å²) in [6, 6.07) is 8.47. The fraction of sp³-hybridized carbons (Fsp3) is 0.458. The first kappa shape index (κ1) is 22.8. The van der Waals surface area contributed by atoms with Gasteiger partial charge in [0.25, 0.3) is 0 Å². The highest BCUT2D eigenvalue weighted by atomic mass is 16.3. The molecule has 0 spiro atoms. The number of hydrogen-bond donors (Lipinski definition) is 2. The number of benzene rings is 1. The molecule has 1 aromatic carbocycles. The first-order valence-corrected chi connectivity index (χ1v) is 11.1. The van der Waals surface area contributed by atoms with Gasteiger partial charge in [-0.1, -0.05) is 38.1 Å². The van der Waals surface area contributed by atoms with Gasteiger partial charge in [0.05, 0.1) is 17.8 Å². The Morgan fingerprint density at radius 1 is 1.21 bits per heavy atom. The van der Waals surface area contributed by atoms with Crippen LogP contribution in [0.4, 0.5) is 0 Å². The maximum Gasteiger partial charge on any atom is 0.248 e. The maximum absolute atomic E-state index is 13.7. The summed E-state index contributed by atoms with van der Waals surface area (Å²) in [6.07, 6.45) is 1.24. The number of aliphatic hydroxyl groups is 1. The van der Waals surface area contributed by atoms with E-state index in [2.05, 4.69) is 20.6 Å². The molecule has 0 bridgehead atoms. The number of rotatable bonds is 4. The number of nitrogens with zero attached hydrogens (tertiary/aromatic N) is 5. The SMILES string of the molecule is CNC(=O)[C@@H]1C[C@@H](O)CN1C(=O)[C@@H](n1cc(-c2ccc3nc(C)ccc3c2)nn1)C(C)(C)C. The van der Waals surface area contributed by atoms with Gasteiger partial charge in [-0.05, 0) is 30.5 Å². The second-order valence-corrected chi connectivity index (χ2v) is 9.72. The Hall–Kier alpha value is -3.33. The molecule has 1 aliphatic rings. The molecular formula is C24H30N6O3. The van der Waals surface area contributed by atoms with E-state index in [0.29, 0.717) is 5.69 Å². The minimum absolute atomic E-state index is 0.113. The van der Waals surface area contributed by atoms with Crippen LogP contribution in [0.15, 0.2) is 36.5 Å². The van der Waals surface area contributed by atoms with Crippen LogP contribution in [-0.2, 0) is 9.59 Å². The Morgan fingerprint density at radius 3 is 2.67 bits per heavy atom. The number of β-amino-alcohol motifs (C(OH)–C–C–N with tert-alkyl or cyclic N) is 1. The van der Waals surface area contributed by atoms with E-state index < -0.39 is 23.6 Å². The number of aromatic nitrogens is 4. The van der Waals surface area contributed by atoms with Gasteiger partial charge in [-0.15, -0.1) is 5.10 Å². The van der Waals surface area contributed by atoms with Crippen LogP contribution in [0.1, 0.15) is 38.9 Å². The quantitative estimate of drug-likeness (QED) is 0.629. The summed E-state index contributed by atoms with van der Waals surface area (Å²) in [5, 5.41) is 22.4. The molecule has 2 aromatic heterocycles. The van der Waals surface area contributed by atoms with E-state index >= 15 is 0 Å². The summed E-state index contributed by atoms with van der Waals surface area (Å²) < 4.78 is 1.57. The second-order valence-electron chi connectivity index (χ2n) is 9.72. The van der Waals surface area contributed by atoms with Crippen LogP contribution in [0, 0.1) is 12.3 Å². The summed E-state index contributed by atoms with van der Waals surface area (Å²) in [6.45, 7) is 7.91. The van der Waals surface area contributed by atoms with Crippen molar-refractivity contribution < 1.29 is 14.7 Å². The normalized spacial score (nSPS) is 19.6. The summed E-state index contributed by atoms with van der Waals surface area (Å²) in [5.41, 5.74) is 2.87. The third kappa shape index (κ3) is 4.45. The molecule has 1 aliphatic heterocycles. The first-order valence-electron chi connectivity index (χ1n) is 11.1. The van der Waals surface area contributed by atoms with Crippen LogP contribution >= 0.6 is 0 Å². The van der Waals surface area contributed by atoms with Crippen molar-refractivity contribution in [2.24, 2.45) is 5.41 Å². The average Bonchev–Trinajstić information content (AvgIpc) is 3.39. The highest BCUT2D eigenvalue weighted by molar-refractivity contribution is 5.90. The molecule has 3 aromatic rings. The number of nitrogens with one attached hydrogen (secondary N) is 1. The predicted molar refractivity (Wildman–Crippen MR) is 124 cm³/mol. The first-order chi connectivity index (χ1) is 15.6. The molecule has 0 radical (unpaired) electrons. The number of aryl methyl sites for hydroxylation is 1.